The van der Waals surface area contributed by atoms with Crippen LogP contribution in [0.4, 0.5) is 0 Å². The quantitative estimate of drug-likeness (QED) is 0.0272. The van der Waals surface area contributed by atoms with Crippen molar-refractivity contribution < 1.29 is 32.9 Å². The number of phosphoric ester groups is 1. The van der Waals surface area contributed by atoms with Crippen LogP contribution in [0.5, 0.6) is 0 Å². The van der Waals surface area contributed by atoms with E-state index < -0.39 is 26.6 Å². The van der Waals surface area contributed by atoms with E-state index in [1.165, 1.54) is 154 Å². The summed E-state index contributed by atoms with van der Waals surface area (Å²) in [5, 5.41) is 13.8. The number of phosphoric acid groups is 1. The van der Waals surface area contributed by atoms with E-state index in [0.29, 0.717) is 17.4 Å². The van der Waals surface area contributed by atoms with E-state index in [1.54, 1.807) is 12.2 Å². The highest BCUT2D eigenvalue weighted by atomic mass is 31.2. The molecule has 0 fully saturated rings. The minimum Gasteiger partial charge on any atom is -0.756 e. The molecule has 3 unspecified atom stereocenters. The van der Waals surface area contributed by atoms with Crippen molar-refractivity contribution >= 4 is 13.7 Å². The molecular weight excluding hydrogens is 828 g/mol. The Kier molecular flexibility index (Phi) is 45.5. The maximum absolute atomic E-state index is 12.8. The number of carbonyl (C=O) groups is 1. The van der Waals surface area contributed by atoms with E-state index in [0.717, 1.165) is 44.9 Å². The Labute approximate surface area is 402 Å². The third-order valence-electron chi connectivity index (χ3n) is 11.7. The number of hydrogen-bond donors (Lipinski definition) is 2. The second-order valence-electron chi connectivity index (χ2n) is 19.2. The number of likely N-dealkylation sites (N-methyl/N-ethyl adjacent to an activating group) is 1. The number of amides is 1. The molecule has 8 nitrogen and oxygen atoms in total. The summed E-state index contributed by atoms with van der Waals surface area (Å²) in [5.41, 5.74) is 0. The topological polar surface area (TPSA) is 108 Å². The molecule has 378 valence electrons. The maximum atomic E-state index is 12.8. The van der Waals surface area contributed by atoms with Gasteiger partial charge in [0.25, 0.3) is 7.82 Å². The summed E-state index contributed by atoms with van der Waals surface area (Å²) in [4.78, 5) is 25.3. The summed E-state index contributed by atoms with van der Waals surface area (Å²) in [6, 6.07) is -0.945. The molecule has 0 aromatic heterocycles. The lowest BCUT2D eigenvalue weighted by atomic mass is 10.0. The predicted molar refractivity (Wildman–Crippen MR) is 279 cm³/mol. The zero-order valence-corrected chi connectivity index (χ0v) is 43.8. The zero-order valence-electron chi connectivity index (χ0n) is 42.9. The van der Waals surface area contributed by atoms with Crippen molar-refractivity contribution in [3.8, 4) is 0 Å². The van der Waals surface area contributed by atoms with Crippen molar-refractivity contribution in [2.24, 2.45) is 0 Å². The summed E-state index contributed by atoms with van der Waals surface area (Å²) in [6.45, 7) is 4.46. The number of nitrogens with zero attached hydrogens (tertiary/aromatic N) is 1. The first-order chi connectivity index (χ1) is 31.5. The normalized spacial score (nSPS) is 14.6. The van der Waals surface area contributed by atoms with Crippen LogP contribution in [0.2, 0.25) is 0 Å². The van der Waals surface area contributed by atoms with Crippen molar-refractivity contribution in [3.05, 3.63) is 72.9 Å². The molecule has 0 aromatic rings. The summed E-state index contributed by atoms with van der Waals surface area (Å²) >= 11 is 0. The molecule has 65 heavy (non-hydrogen) atoms. The second-order valence-corrected chi connectivity index (χ2v) is 20.6. The Morgan fingerprint density at radius 3 is 1.31 bits per heavy atom. The molecule has 0 bridgehead atoms. The summed E-state index contributed by atoms with van der Waals surface area (Å²) < 4.78 is 23.2. The molecule has 3 atom stereocenters. The number of carbonyl (C=O) groups excluding carboxylic acids is 1. The Hall–Kier alpha value is -2.06. The van der Waals surface area contributed by atoms with Gasteiger partial charge in [-0.05, 0) is 44.9 Å². The average molecular weight is 931 g/mol. The number of hydrogen-bond acceptors (Lipinski definition) is 6. The average Bonchev–Trinajstić information content (AvgIpc) is 3.26. The molecule has 0 saturated carbocycles. The number of aliphatic hydroxyl groups excluding tert-OH is 1. The monoisotopic (exact) mass is 931 g/mol. The van der Waals surface area contributed by atoms with Crippen LogP contribution in [0.1, 0.15) is 226 Å². The lowest BCUT2D eigenvalue weighted by Crippen LogP contribution is -2.45. The van der Waals surface area contributed by atoms with Crippen LogP contribution in [0.3, 0.4) is 0 Å². The third kappa shape index (κ3) is 49.7. The van der Waals surface area contributed by atoms with Gasteiger partial charge in [0.2, 0.25) is 5.91 Å². The van der Waals surface area contributed by atoms with Gasteiger partial charge >= 0.3 is 0 Å². The largest absolute Gasteiger partial charge is 0.756 e. The second kappa shape index (κ2) is 47.0. The highest BCUT2D eigenvalue weighted by Gasteiger charge is 2.23. The SMILES string of the molecule is CC/C=C\C/C=C\C/C=C\C/C=C\C/C=C\CC(=O)NC(COP(=O)([O-])OCC[N+](C)(C)C)C(O)/C=C/CCCCCCCCCCCCCCCCCCCCCCCCCCCC. The number of unbranched alkanes of at least 4 members (excludes halogenated alkanes) is 26. The van der Waals surface area contributed by atoms with Gasteiger partial charge in [-0.2, -0.15) is 0 Å². The number of aliphatic hydroxyl groups is 1. The molecule has 0 radical (unpaired) electrons. The van der Waals surface area contributed by atoms with Gasteiger partial charge < -0.3 is 28.8 Å². The first-order valence-electron chi connectivity index (χ1n) is 26.8. The van der Waals surface area contributed by atoms with Crippen LogP contribution in [-0.4, -0.2) is 68.5 Å². The fourth-order valence-corrected chi connectivity index (χ4v) is 8.24. The lowest BCUT2D eigenvalue weighted by molar-refractivity contribution is -0.870. The molecule has 0 aliphatic rings. The van der Waals surface area contributed by atoms with E-state index in [-0.39, 0.29) is 18.9 Å². The van der Waals surface area contributed by atoms with Gasteiger partial charge in [0.15, 0.2) is 0 Å². The van der Waals surface area contributed by atoms with Crippen molar-refractivity contribution in [1.29, 1.82) is 0 Å². The first-order valence-corrected chi connectivity index (χ1v) is 28.3. The van der Waals surface area contributed by atoms with E-state index >= 15 is 0 Å². The standard InChI is InChI=1S/C56H103N2O6P/c1-6-8-10-12-14-16-18-20-22-23-24-25-26-27-28-29-30-31-32-33-34-36-37-39-41-43-45-47-49-55(59)54(53-64-65(61,62)63-52-51-58(3,4)5)57-56(60)50-48-46-44-42-40-38-35-21-19-17-15-13-11-9-7-2/h9,11,15,17,21,35,40,42,46-49,54-55,59H,6-8,10,12-14,16,18-20,22-34,36-39,41,43-45,50-53H2,1-5H3,(H-,57,60,61,62)/b11-9-,17-15-,35-21-,42-40-,48-46-,49-47+. The molecule has 2 N–H and O–H groups in total. The number of nitrogens with one attached hydrogen (secondary N) is 1. The molecule has 9 heteroatoms. The van der Waals surface area contributed by atoms with Crippen molar-refractivity contribution in [1.82, 2.24) is 5.32 Å². The van der Waals surface area contributed by atoms with Crippen molar-refractivity contribution in [3.63, 3.8) is 0 Å². The Bertz CT molecular complexity index is 1290. The van der Waals surface area contributed by atoms with E-state index in [9.17, 15) is 19.4 Å². The Morgan fingerprint density at radius 1 is 0.554 bits per heavy atom. The molecule has 0 aromatic carbocycles. The first kappa shape index (κ1) is 62.9. The summed E-state index contributed by atoms with van der Waals surface area (Å²) in [5.74, 6) is -0.325. The lowest BCUT2D eigenvalue weighted by Gasteiger charge is -2.29. The number of rotatable bonds is 48. The van der Waals surface area contributed by atoms with Crippen molar-refractivity contribution in [2.45, 2.75) is 238 Å². The van der Waals surface area contributed by atoms with Gasteiger partial charge in [-0.25, -0.2) is 0 Å². The van der Waals surface area contributed by atoms with Crippen LogP contribution >= 0.6 is 7.82 Å². The fraction of sp³-hybridized carbons (Fsp3) is 0.768. The number of quaternary nitrogens is 1. The molecular formula is C56H103N2O6P. The van der Waals surface area contributed by atoms with E-state index in [4.69, 9.17) is 9.05 Å². The van der Waals surface area contributed by atoms with Crippen LogP contribution in [0, 0.1) is 0 Å². The summed E-state index contributed by atoms with van der Waals surface area (Å²) in [7, 11) is 1.20. The highest BCUT2D eigenvalue weighted by Crippen LogP contribution is 2.38. The Balaban J connectivity index is 4.26. The molecule has 0 saturated heterocycles. The number of allylic oxidation sites excluding steroid dienone is 10. The van der Waals surface area contributed by atoms with Gasteiger partial charge in [0.1, 0.15) is 13.2 Å². The molecule has 0 aliphatic carbocycles. The van der Waals surface area contributed by atoms with Crippen LogP contribution in [0.25, 0.3) is 0 Å². The molecule has 0 rings (SSSR count). The van der Waals surface area contributed by atoms with Gasteiger partial charge in [-0.15, -0.1) is 0 Å². The zero-order chi connectivity index (χ0) is 47.8. The smallest absolute Gasteiger partial charge is 0.268 e. The molecule has 1 amide bonds. The van der Waals surface area contributed by atoms with Crippen LogP contribution < -0.4 is 10.2 Å². The molecule has 0 aliphatic heterocycles. The van der Waals surface area contributed by atoms with Gasteiger partial charge in [0, 0.05) is 6.42 Å². The van der Waals surface area contributed by atoms with E-state index in [1.807, 2.05) is 33.3 Å². The maximum Gasteiger partial charge on any atom is 0.268 e. The minimum atomic E-state index is -4.62. The predicted octanol–water partition coefficient (Wildman–Crippen LogP) is 15.3. The van der Waals surface area contributed by atoms with Crippen molar-refractivity contribution in [2.75, 3.05) is 40.9 Å². The Morgan fingerprint density at radius 2 is 0.923 bits per heavy atom. The molecule has 0 spiro atoms. The fourth-order valence-electron chi connectivity index (χ4n) is 7.52. The van der Waals surface area contributed by atoms with Gasteiger partial charge in [-0.3, -0.25) is 9.36 Å². The van der Waals surface area contributed by atoms with Crippen LogP contribution in [-0.2, 0) is 18.4 Å². The minimum absolute atomic E-state index is 0.0204. The van der Waals surface area contributed by atoms with Crippen LogP contribution in [0.15, 0.2) is 72.9 Å². The van der Waals surface area contributed by atoms with Gasteiger partial charge in [-0.1, -0.05) is 247 Å². The van der Waals surface area contributed by atoms with E-state index in [2.05, 4.69) is 67.8 Å². The highest BCUT2D eigenvalue weighted by molar-refractivity contribution is 7.45. The third-order valence-corrected chi connectivity index (χ3v) is 12.7. The summed E-state index contributed by atoms with van der Waals surface area (Å²) in [6.07, 6.45) is 64.5. The van der Waals surface area contributed by atoms with Gasteiger partial charge in [0.05, 0.1) is 39.9 Å². The molecule has 0 heterocycles.